The van der Waals surface area contributed by atoms with Crippen LogP contribution in [0.1, 0.15) is 17.5 Å². The summed E-state index contributed by atoms with van der Waals surface area (Å²) in [6.07, 6.45) is 0.699. The fourth-order valence-corrected chi connectivity index (χ4v) is 2.38. The highest BCUT2D eigenvalue weighted by Gasteiger charge is 2.33. The van der Waals surface area contributed by atoms with Gasteiger partial charge in [0, 0.05) is 6.42 Å². The summed E-state index contributed by atoms with van der Waals surface area (Å²) in [6, 6.07) is 19.9. The normalized spacial score (nSPS) is 11.8. The van der Waals surface area contributed by atoms with Gasteiger partial charge in [-0.2, -0.15) is 0 Å². The summed E-state index contributed by atoms with van der Waals surface area (Å²) >= 11 is 0. The lowest BCUT2D eigenvalue weighted by molar-refractivity contribution is -0.871. The van der Waals surface area contributed by atoms with Crippen LogP contribution in [0.15, 0.2) is 60.7 Å². The first-order valence-corrected chi connectivity index (χ1v) is 7.06. The molecule has 0 heterocycles. The number of quaternary nitrogens is 1. The predicted octanol–water partition coefficient (Wildman–Crippen LogP) is 0.0228. The summed E-state index contributed by atoms with van der Waals surface area (Å²) in [5.74, 6) is 0. The van der Waals surface area contributed by atoms with Gasteiger partial charge in [-0.25, -0.2) is 0 Å². The first kappa shape index (κ1) is 18.1. The van der Waals surface area contributed by atoms with Crippen LogP contribution in [0.2, 0.25) is 0 Å². The van der Waals surface area contributed by atoms with Crippen molar-refractivity contribution in [2.45, 2.75) is 12.0 Å². The molecule has 0 atom stereocenters. The summed E-state index contributed by atoms with van der Waals surface area (Å²) in [7, 11) is 6.45. The second-order valence-corrected chi connectivity index (χ2v) is 6.36. The van der Waals surface area contributed by atoms with Gasteiger partial charge in [-0.05, 0) is 11.1 Å². The van der Waals surface area contributed by atoms with Gasteiger partial charge in [0.1, 0.15) is 5.60 Å². The minimum Gasteiger partial charge on any atom is -1.00 e. The van der Waals surface area contributed by atoms with Crippen molar-refractivity contribution in [2.75, 3.05) is 27.7 Å². The molecule has 0 amide bonds. The highest BCUT2D eigenvalue weighted by atomic mass is 127. The third kappa shape index (κ3) is 4.80. The molecule has 0 spiro atoms. The van der Waals surface area contributed by atoms with Gasteiger partial charge >= 0.3 is 0 Å². The molecule has 0 radical (unpaired) electrons. The van der Waals surface area contributed by atoms with E-state index in [1.165, 1.54) is 0 Å². The van der Waals surface area contributed by atoms with Crippen LogP contribution >= 0.6 is 0 Å². The first-order valence-electron chi connectivity index (χ1n) is 7.06. The van der Waals surface area contributed by atoms with Crippen molar-refractivity contribution in [3.63, 3.8) is 0 Å². The van der Waals surface area contributed by atoms with Crippen molar-refractivity contribution in [1.29, 1.82) is 0 Å². The van der Waals surface area contributed by atoms with Crippen molar-refractivity contribution in [3.05, 3.63) is 71.8 Å². The number of hydrogen-bond donors (Lipinski definition) is 1. The molecular formula is C18H24INO. The van der Waals surface area contributed by atoms with Gasteiger partial charge in [0.05, 0.1) is 27.7 Å². The van der Waals surface area contributed by atoms with Crippen LogP contribution in [0.25, 0.3) is 0 Å². The van der Waals surface area contributed by atoms with Crippen LogP contribution in [0.4, 0.5) is 0 Å². The molecule has 0 aliphatic carbocycles. The minimum atomic E-state index is -0.923. The molecule has 3 heteroatoms. The lowest BCUT2D eigenvalue weighted by Crippen LogP contribution is -3.00. The van der Waals surface area contributed by atoms with Crippen LogP contribution in [-0.2, 0) is 5.60 Å². The van der Waals surface area contributed by atoms with E-state index in [2.05, 4.69) is 21.1 Å². The second kappa shape index (κ2) is 7.38. The van der Waals surface area contributed by atoms with Crippen LogP contribution in [0.3, 0.4) is 0 Å². The van der Waals surface area contributed by atoms with E-state index in [-0.39, 0.29) is 24.0 Å². The topological polar surface area (TPSA) is 20.2 Å². The SMILES string of the molecule is C[N+](C)(C)CCC(O)(c1ccccc1)c1ccccc1.[I-]. The predicted molar refractivity (Wildman–Crippen MR) is 83.4 cm³/mol. The number of rotatable bonds is 5. The Morgan fingerprint density at radius 3 is 1.52 bits per heavy atom. The standard InChI is InChI=1S/C18H24NO.HI/c1-19(2,3)15-14-18(20,16-10-6-4-7-11-16)17-12-8-5-9-13-17;/h4-13,20H,14-15H2,1-3H3;1H/q+1;/p-1. The smallest absolute Gasteiger partial charge is 0.120 e. The molecule has 0 unspecified atom stereocenters. The molecule has 0 aromatic heterocycles. The van der Waals surface area contributed by atoms with Gasteiger partial charge in [-0.3, -0.25) is 0 Å². The number of benzene rings is 2. The van der Waals surface area contributed by atoms with E-state index >= 15 is 0 Å². The monoisotopic (exact) mass is 397 g/mol. The molecule has 0 saturated carbocycles. The minimum absolute atomic E-state index is 0. The van der Waals surface area contributed by atoms with Crippen molar-refractivity contribution in [2.24, 2.45) is 0 Å². The molecule has 0 aliphatic heterocycles. The Morgan fingerprint density at radius 1 is 0.810 bits per heavy atom. The Kier molecular flexibility index (Phi) is 6.38. The van der Waals surface area contributed by atoms with Gasteiger partial charge in [0.25, 0.3) is 0 Å². The van der Waals surface area contributed by atoms with Gasteiger partial charge in [0.15, 0.2) is 0 Å². The van der Waals surface area contributed by atoms with E-state index < -0.39 is 5.60 Å². The maximum Gasteiger partial charge on any atom is 0.120 e. The molecule has 2 aromatic rings. The Balaban J connectivity index is 0.00000220. The van der Waals surface area contributed by atoms with Gasteiger partial charge < -0.3 is 33.6 Å². The van der Waals surface area contributed by atoms with Crippen molar-refractivity contribution in [1.82, 2.24) is 0 Å². The van der Waals surface area contributed by atoms with Crippen molar-refractivity contribution < 1.29 is 33.6 Å². The summed E-state index contributed by atoms with van der Waals surface area (Å²) in [4.78, 5) is 0. The van der Waals surface area contributed by atoms with Gasteiger partial charge in [0.2, 0.25) is 0 Å². The van der Waals surface area contributed by atoms with Gasteiger partial charge in [-0.1, -0.05) is 60.7 Å². The molecule has 0 saturated heterocycles. The third-order valence-electron chi connectivity index (χ3n) is 3.65. The second-order valence-electron chi connectivity index (χ2n) is 6.36. The van der Waals surface area contributed by atoms with E-state index in [0.29, 0.717) is 6.42 Å². The molecule has 114 valence electrons. The average Bonchev–Trinajstić information content (AvgIpc) is 2.46. The van der Waals surface area contributed by atoms with E-state index in [1.54, 1.807) is 0 Å². The molecule has 0 fully saturated rings. The van der Waals surface area contributed by atoms with E-state index in [9.17, 15) is 5.11 Å². The number of nitrogens with zero attached hydrogens (tertiary/aromatic N) is 1. The molecule has 0 bridgehead atoms. The van der Waals surface area contributed by atoms with E-state index in [0.717, 1.165) is 22.2 Å². The zero-order valence-corrected chi connectivity index (χ0v) is 15.1. The van der Waals surface area contributed by atoms with E-state index in [1.807, 2.05) is 60.7 Å². The third-order valence-corrected chi connectivity index (χ3v) is 3.65. The maximum absolute atomic E-state index is 11.3. The molecule has 0 aliphatic rings. The molecular weight excluding hydrogens is 373 g/mol. The highest BCUT2D eigenvalue weighted by molar-refractivity contribution is 5.35. The number of aliphatic hydroxyl groups is 1. The Labute approximate surface area is 145 Å². The fourth-order valence-electron chi connectivity index (χ4n) is 2.38. The lowest BCUT2D eigenvalue weighted by atomic mass is 9.83. The number of halogens is 1. The van der Waals surface area contributed by atoms with E-state index in [4.69, 9.17) is 0 Å². The number of hydrogen-bond acceptors (Lipinski definition) is 1. The zero-order chi connectivity index (χ0) is 14.6. The molecule has 1 N–H and O–H groups in total. The molecule has 2 rings (SSSR count). The van der Waals surface area contributed by atoms with Gasteiger partial charge in [-0.15, -0.1) is 0 Å². The average molecular weight is 397 g/mol. The summed E-state index contributed by atoms with van der Waals surface area (Å²) in [6.45, 7) is 0.903. The fraction of sp³-hybridized carbons (Fsp3) is 0.333. The largest absolute Gasteiger partial charge is 1.00 e. The summed E-state index contributed by atoms with van der Waals surface area (Å²) in [5, 5.41) is 11.3. The van der Waals surface area contributed by atoms with Crippen LogP contribution in [0.5, 0.6) is 0 Å². The van der Waals surface area contributed by atoms with Crippen LogP contribution in [0, 0.1) is 0 Å². The zero-order valence-electron chi connectivity index (χ0n) is 13.0. The summed E-state index contributed by atoms with van der Waals surface area (Å²) in [5.41, 5.74) is 0.993. The highest BCUT2D eigenvalue weighted by Crippen LogP contribution is 2.33. The Bertz CT molecular complexity index is 495. The Morgan fingerprint density at radius 2 is 1.19 bits per heavy atom. The molecule has 21 heavy (non-hydrogen) atoms. The lowest BCUT2D eigenvalue weighted by Gasteiger charge is -2.33. The molecule has 2 nitrogen and oxygen atoms in total. The van der Waals surface area contributed by atoms with Crippen LogP contribution in [-0.4, -0.2) is 37.3 Å². The van der Waals surface area contributed by atoms with Crippen molar-refractivity contribution >= 4 is 0 Å². The van der Waals surface area contributed by atoms with Crippen molar-refractivity contribution in [3.8, 4) is 0 Å². The van der Waals surface area contributed by atoms with Crippen LogP contribution < -0.4 is 24.0 Å². The Hall–Kier alpha value is -0.910. The summed E-state index contributed by atoms with van der Waals surface area (Å²) < 4.78 is 0.835. The quantitative estimate of drug-likeness (QED) is 0.558. The first-order chi connectivity index (χ1) is 9.42. The molecule has 2 aromatic carbocycles. The maximum atomic E-state index is 11.3.